The lowest BCUT2D eigenvalue weighted by atomic mass is 9.89. The number of carbonyl (C=O) groups is 2. The van der Waals surface area contributed by atoms with Crippen molar-refractivity contribution >= 4 is 17.7 Å². The average molecular weight is 423 g/mol. The highest BCUT2D eigenvalue weighted by molar-refractivity contribution is 6.15. The van der Waals surface area contributed by atoms with Crippen molar-refractivity contribution in [2.45, 2.75) is 13.0 Å². The second kappa shape index (κ2) is 8.34. The van der Waals surface area contributed by atoms with Gasteiger partial charge in [0, 0.05) is 11.1 Å². The van der Waals surface area contributed by atoms with Crippen molar-refractivity contribution in [3.8, 4) is 5.75 Å². The summed E-state index contributed by atoms with van der Waals surface area (Å²) >= 11 is 0. The fourth-order valence-corrected chi connectivity index (χ4v) is 3.40. The van der Waals surface area contributed by atoms with Crippen LogP contribution < -0.4 is 10.1 Å². The maximum absolute atomic E-state index is 14.8. The zero-order valence-electron chi connectivity index (χ0n) is 16.7. The first-order chi connectivity index (χ1) is 15.0. The van der Waals surface area contributed by atoms with Crippen molar-refractivity contribution in [2.24, 2.45) is 0 Å². The van der Waals surface area contributed by atoms with Gasteiger partial charge in [-0.2, -0.15) is 4.68 Å². The number of hydrogen-bond donors (Lipinski definition) is 1. The molecule has 0 aliphatic carbocycles. The molecular weight excluding hydrogens is 405 g/mol. The van der Waals surface area contributed by atoms with Gasteiger partial charge in [-0.05, 0) is 47.7 Å². The normalized spacial score (nSPS) is 15.1. The van der Waals surface area contributed by atoms with Crippen molar-refractivity contribution in [3.05, 3.63) is 76.7 Å². The number of ether oxygens (including phenoxy) is 2. The van der Waals surface area contributed by atoms with Crippen molar-refractivity contribution in [1.82, 2.24) is 20.2 Å². The van der Waals surface area contributed by atoms with Crippen LogP contribution in [0.1, 0.15) is 28.9 Å². The Morgan fingerprint density at radius 1 is 1.16 bits per heavy atom. The predicted octanol–water partition coefficient (Wildman–Crippen LogP) is 2.54. The number of fused-ring (bicyclic) bond motifs is 1. The molecule has 0 bridgehead atoms. The number of esters is 1. The zero-order valence-corrected chi connectivity index (χ0v) is 16.7. The van der Waals surface area contributed by atoms with E-state index in [0.29, 0.717) is 12.4 Å². The van der Waals surface area contributed by atoms with Crippen LogP contribution in [0, 0.1) is 5.82 Å². The number of ketones is 1. The third-order valence-corrected chi connectivity index (χ3v) is 4.78. The first-order valence-electron chi connectivity index (χ1n) is 9.44. The molecule has 0 unspecified atom stereocenters. The van der Waals surface area contributed by atoms with E-state index in [9.17, 15) is 14.0 Å². The molecule has 1 atom stereocenters. The number of methoxy groups -OCH3 is 1. The number of benzene rings is 2. The molecule has 4 rings (SSSR count). The summed E-state index contributed by atoms with van der Waals surface area (Å²) in [7, 11) is 1.19. The molecule has 0 radical (unpaired) electrons. The van der Waals surface area contributed by atoms with Gasteiger partial charge in [0.05, 0.1) is 19.3 Å². The van der Waals surface area contributed by atoms with E-state index >= 15 is 0 Å². The third-order valence-electron chi connectivity index (χ3n) is 4.78. The molecule has 2 heterocycles. The molecule has 2 aromatic carbocycles. The quantitative estimate of drug-likeness (QED) is 0.476. The molecule has 10 heteroatoms. The smallest absolute Gasteiger partial charge is 0.355 e. The molecular formula is C21H18FN5O4. The Labute approximate surface area is 176 Å². The SMILES string of the molecule is CCOc1ccc(C(=O)C2=C(C(=O)OC)Nc3nnnn3[C@@H]2c2ccccc2F)cc1. The van der Waals surface area contributed by atoms with E-state index in [2.05, 4.69) is 20.8 Å². The standard InChI is InChI=1S/C21H18FN5O4/c1-3-31-13-10-8-12(9-11-13)19(28)16-17(20(29)30-2)23-21-24-25-26-27(21)18(16)14-6-4-5-7-15(14)22/h4-11,18H,3H2,1-2H3,(H,23,24,26)/t18-/m1/s1. The molecule has 1 aromatic heterocycles. The summed E-state index contributed by atoms with van der Waals surface area (Å²) in [6, 6.07) is 11.3. The van der Waals surface area contributed by atoms with Crippen LogP contribution in [-0.4, -0.2) is 45.7 Å². The van der Waals surface area contributed by atoms with Crippen LogP contribution in [0.4, 0.5) is 10.3 Å². The van der Waals surface area contributed by atoms with Crippen molar-refractivity contribution in [3.63, 3.8) is 0 Å². The van der Waals surface area contributed by atoms with E-state index < -0.39 is 23.6 Å². The summed E-state index contributed by atoms with van der Waals surface area (Å²) in [5, 5.41) is 14.1. The molecule has 0 amide bonds. The number of halogens is 1. The minimum Gasteiger partial charge on any atom is -0.494 e. The summed E-state index contributed by atoms with van der Waals surface area (Å²) in [6.07, 6.45) is 0. The summed E-state index contributed by atoms with van der Waals surface area (Å²) in [6.45, 7) is 2.33. The number of carbonyl (C=O) groups excluding carboxylic acids is 2. The van der Waals surface area contributed by atoms with Gasteiger partial charge in [0.1, 0.15) is 23.3 Å². The van der Waals surface area contributed by atoms with Gasteiger partial charge in [-0.1, -0.05) is 23.3 Å². The number of tetrazole rings is 1. The largest absolute Gasteiger partial charge is 0.494 e. The van der Waals surface area contributed by atoms with Crippen molar-refractivity contribution in [2.75, 3.05) is 19.0 Å². The number of hydrogen-bond acceptors (Lipinski definition) is 8. The second-order valence-corrected chi connectivity index (χ2v) is 6.56. The van der Waals surface area contributed by atoms with E-state index in [1.807, 2.05) is 6.92 Å². The monoisotopic (exact) mass is 423 g/mol. The molecule has 31 heavy (non-hydrogen) atoms. The van der Waals surface area contributed by atoms with Crippen molar-refractivity contribution in [1.29, 1.82) is 0 Å². The molecule has 0 saturated carbocycles. The average Bonchev–Trinajstić information content (AvgIpc) is 3.26. The van der Waals surface area contributed by atoms with Gasteiger partial charge in [-0.15, -0.1) is 0 Å². The summed E-state index contributed by atoms with van der Waals surface area (Å²) in [4.78, 5) is 26.1. The molecule has 1 aliphatic heterocycles. The fourth-order valence-electron chi connectivity index (χ4n) is 3.40. The maximum atomic E-state index is 14.8. The van der Waals surface area contributed by atoms with Gasteiger partial charge in [0.2, 0.25) is 5.95 Å². The Balaban J connectivity index is 1.90. The van der Waals surface area contributed by atoms with E-state index in [-0.39, 0.29) is 28.3 Å². The highest BCUT2D eigenvalue weighted by Crippen LogP contribution is 2.37. The first kappa shape index (κ1) is 20.2. The lowest BCUT2D eigenvalue weighted by Crippen LogP contribution is -2.33. The van der Waals surface area contributed by atoms with Gasteiger partial charge < -0.3 is 14.8 Å². The first-order valence-corrected chi connectivity index (χ1v) is 9.44. The number of rotatable bonds is 6. The Kier molecular flexibility index (Phi) is 5.44. The highest BCUT2D eigenvalue weighted by atomic mass is 19.1. The lowest BCUT2D eigenvalue weighted by molar-refractivity contribution is -0.136. The van der Waals surface area contributed by atoms with E-state index in [1.54, 1.807) is 30.3 Å². The summed E-state index contributed by atoms with van der Waals surface area (Å²) < 4.78 is 26.3. The fraction of sp³-hybridized carbons (Fsp3) is 0.190. The Bertz CT molecular complexity index is 1170. The minimum absolute atomic E-state index is 0.0408. The molecule has 158 valence electrons. The van der Waals surface area contributed by atoms with Gasteiger partial charge in [0.25, 0.3) is 0 Å². The van der Waals surface area contributed by atoms with Gasteiger partial charge in [0.15, 0.2) is 5.78 Å². The van der Waals surface area contributed by atoms with E-state index in [4.69, 9.17) is 9.47 Å². The second-order valence-electron chi connectivity index (χ2n) is 6.56. The van der Waals surface area contributed by atoms with Crippen LogP contribution in [0.3, 0.4) is 0 Å². The predicted molar refractivity (Wildman–Crippen MR) is 107 cm³/mol. The van der Waals surface area contributed by atoms with Crippen LogP contribution in [0.15, 0.2) is 59.8 Å². The third kappa shape index (κ3) is 3.63. The molecule has 0 saturated heterocycles. The number of nitrogens with zero attached hydrogens (tertiary/aromatic N) is 4. The molecule has 1 aliphatic rings. The minimum atomic E-state index is -1.08. The Morgan fingerprint density at radius 2 is 1.90 bits per heavy atom. The van der Waals surface area contributed by atoms with Crippen LogP contribution in [0.5, 0.6) is 5.75 Å². The van der Waals surface area contributed by atoms with E-state index in [0.717, 1.165) is 0 Å². The van der Waals surface area contributed by atoms with Gasteiger partial charge in [-0.3, -0.25) is 4.79 Å². The van der Waals surface area contributed by atoms with Crippen LogP contribution >= 0.6 is 0 Å². The number of aromatic nitrogens is 4. The van der Waals surface area contributed by atoms with Gasteiger partial charge >= 0.3 is 5.97 Å². The van der Waals surface area contributed by atoms with Crippen molar-refractivity contribution < 1.29 is 23.5 Å². The lowest BCUT2D eigenvalue weighted by Gasteiger charge is -2.28. The Hall–Kier alpha value is -4.08. The molecule has 3 aromatic rings. The zero-order chi connectivity index (χ0) is 22.0. The Morgan fingerprint density at radius 3 is 2.58 bits per heavy atom. The summed E-state index contributed by atoms with van der Waals surface area (Å²) in [5.41, 5.74) is 0.214. The summed E-state index contributed by atoms with van der Waals surface area (Å²) in [5.74, 6) is -1.21. The maximum Gasteiger partial charge on any atom is 0.355 e. The van der Waals surface area contributed by atoms with Crippen LogP contribution in [-0.2, 0) is 9.53 Å². The number of Topliss-reactive ketones (excluding diaryl/α,β-unsaturated/α-hetero) is 1. The van der Waals surface area contributed by atoms with Gasteiger partial charge in [-0.25, -0.2) is 9.18 Å². The molecule has 9 nitrogen and oxygen atoms in total. The number of allylic oxidation sites excluding steroid dienone is 1. The highest BCUT2D eigenvalue weighted by Gasteiger charge is 2.39. The molecule has 0 fully saturated rings. The topological polar surface area (TPSA) is 108 Å². The van der Waals surface area contributed by atoms with E-state index in [1.165, 1.54) is 30.0 Å². The number of nitrogens with one attached hydrogen (secondary N) is 1. The van der Waals surface area contributed by atoms with Crippen LogP contribution in [0.2, 0.25) is 0 Å². The number of anilines is 1. The van der Waals surface area contributed by atoms with Crippen LogP contribution in [0.25, 0.3) is 0 Å². The molecule has 0 spiro atoms. The molecule has 1 N–H and O–H groups in total.